The van der Waals surface area contributed by atoms with Crippen LogP contribution in [0.1, 0.15) is 37.3 Å². The van der Waals surface area contributed by atoms with Crippen molar-refractivity contribution in [2.45, 2.75) is 32.6 Å². The van der Waals surface area contributed by atoms with E-state index in [1.807, 2.05) is 32.2 Å². The summed E-state index contributed by atoms with van der Waals surface area (Å²) in [6.45, 7) is 4.63. The zero-order valence-corrected chi connectivity index (χ0v) is 13.6. The molecule has 122 valence electrons. The summed E-state index contributed by atoms with van der Waals surface area (Å²) >= 11 is 0. The van der Waals surface area contributed by atoms with Gasteiger partial charge < -0.3 is 5.32 Å². The monoisotopic (exact) mass is 314 g/mol. The standard InChI is InChI=1S/C19H23FN2O/c1-14(2)18(16-7-9-17(20)10-8-16)19(23)22-12-4-6-15-5-3-11-21-13-15/h3,5,7-11,13-14,18H,4,6,12H2,1-2H3,(H,22,23). The third kappa shape index (κ3) is 5.16. The van der Waals surface area contributed by atoms with E-state index in [0.29, 0.717) is 6.54 Å². The Morgan fingerprint density at radius 1 is 1.22 bits per heavy atom. The Morgan fingerprint density at radius 3 is 2.57 bits per heavy atom. The number of hydrogen-bond acceptors (Lipinski definition) is 2. The van der Waals surface area contributed by atoms with E-state index in [1.54, 1.807) is 18.3 Å². The third-order valence-electron chi connectivity index (χ3n) is 3.84. The number of nitrogens with zero attached hydrogens (tertiary/aromatic N) is 1. The van der Waals surface area contributed by atoms with Crippen LogP contribution in [0.3, 0.4) is 0 Å². The highest BCUT2D eigenvalue weighted by molar-refractivity contribution is 5.83. The summed E-state index contributed by atoms with van der Waals surface area (Å²) in [6.07, 6.45) is 5.35. The van der Waals surface area contributed by atoms with Crippen LogP contribution in [0.5, 0.6) is 0 Å². The fourth-order valence-electron chi connectivity index (χ4n) is 2.67. The number of rotatable bonds is 7. The quantitative estimate of drug-likeness (QED) is 0.792. The maximum absolute atomic E-state index is 13.1. The molecule has 2 aromatic rings. The SMILES string of the molecule is CC(C)C(C(=O)NCCCc1cccnc1)c1ccc(F)cc1. The molecule has 1 N–H and O–H groups in total. The molecule has 0 saturated heterocycles. The van der Waals surface area contributed by atoms with Crippen LogP contribution in [-0.2, 0) is 11.2 Å². The first-order valence-electron chi connectivity index (χ1n) is 8.00. The highest BCUT2D eigenvalue weighted by Crippen LogP contribution is 2.24. The second-order valence-electron chi connectivity index (χ2n) is 6.03. The molecule has 0 radical (unpaired) electrons. The van der Waals surface area contributed by atoms with Gasteiger partial charge in [0.15, 0.2) is 0 Å². The lowest BCUT2D eigenvalue weighted by Gasteiger charge is -2.20. The molecule has 1 atom stereocenters. The summed E-state index contributed by atoms with van der Waals surface area (Å²) in [5.41, 5.74) is 2.02. The number of carbonyl (C=O) groups is 1. The van der Waals surface area contributed by atoms with Gasteiger partial charge in [0.1, 0.15) is 5.82 Å². The normalized spacial score (nSPS) is 12.2. The molecular weight excluding hydrogens is 291 g/mol. The van der Waals surface area contributed by atoms with E-state index in [9.17, 15) is 9.18 Å². The van der Waals surface area contributed by atoms with Gasteiger partial charge in [-0.15, -0.1) is 0 Å². The van der Waals surface area contributed by atoms with E-state index < -0.39 is 0 Å². The number of nitrogens with one attached hydrogen (secondary N) is 1. The van der Waals surface area contributed by atoms with Crippen LogP contribution in [0.4, 0.5) is 4.39 Å². The lowest BCUT2D eigenvalue weighted by molar-refractivity contribution is -0.123. The molecule has 0 aliphatic heterocycles. The smallest absolute Gasteiger partial charge is 0.227 e. The fourth-order valence-corrected chi connectivity index (χ4v) is 2.67. The zero-order valence-electron chi connectivity index (χ0n) is 13.6. The molecule has 1 amide bonds. The molecule has 1 heterocycles. The van der Waals surface area contributed by atoms with Crippen molar-refractivity contribution in [2.75, 3.05) is 6.54 Å². The molecule has 1 aromatic carbocycles. The van der Waals surface area contributed by atoms with Gasteiger partial charge in [0.05, 0.1) is 5.92 Å². The Morgan fingerprint density at radius 2 is 1.96 bits per heavy atom. The van der Waals surface area contributed by atoms with Gasteiger partial charge in [0.25, 0.3) is 0 Å². The van der Waals surface area contributed by atoms with E-state index in [2.05, 4.69) is 10.3 Å². The van der Waals surface area contributed by atoms with Crippen molar-refractivity contribution in [3.05, 3.63) is 65.7 Å². The Hall–Kier alpha value is -2.23. The molecule has 1 unspecified atom stereocenters. The van der Waals surface area contributed by atoms with Crippen molar-refractivity contribution in [1.29, 1.82) is 0 Å². The van der Waals surface area contributed by atoms with E-state index in [1.165, 1.54) is 17.7 Å². The molecule has 23 heavy (non-hydrogen) atoms. The third-order valence-corrected chi connectivity index (χ3v) is 3.84. The second-order valence-corrected chi connectivity index (χ2v) is 6.03. The van der Waals surface area contributed by atoms with Gasteiger partial charge in [0.2, 0.25) is 5.91 Å². The number of aryl methyl sites for hydroxylation is 1. The van der Waals surface area contributed by atoms with Crippen molar-refractivity contribution in [3.63, 3.8) is 0 Å². The summed E-state index contributed by atoms with van der Waals surface area (Å²) in [4.78, 5) is 16.5. The van der Waals surface area contributed by atoms with Gasteiger partial charge in [-0.3, -0.25) is 9.78 Å². The summed E-state index contributed by atoms with van der Waals surface area (Å²) < 4.78 is 13.1. The van der Waals surface area contributed by atoms with Crippen LogP contribution < -0.4 is 5.32 Å². The molecule has 0 aliphatic rings. The minimum atomic E-state index is -0.284. The van der Waals surface area contributed by atoms with Gasteiger partial charge in [0, 0.05) is 18.9 Å². The molecule has 0 fully saturated rings. The van der Waals surface area contributed by atoms with Crippen molar-refractivity contribution in [1.82, 2.24) is 10.3 Å². The maximum Gasteiger partial charge on any atom is 0.227 e. The highest BCUT2D eigenvalue weighted by Gasteiger charge is 2.23. The fraction of sp³-hybridized carbons (Fsp3) is 0.368. The Labute approximate surface area is 137 Å². The predicted octanol–water partition coefficient (Wildman–Crippen LogP) is 3.71. The van der Waals surface area contributed by atoms with Crippen LogP contribution in [0.2, 0.25) is 0 Å². The average Bonchev–Trinajstić information content (AvgIpc) is 2.54. The molecule has 1 aromatic heterocycles. The number of halogens is 1. The minimum Gasteiger partial charge on any atom is -0.356 e. The topological polar surface area (TPSA) is 42.0 Å². The summed E-state index contributed by atoms with van der Waals surface area (Å²) in [6, 6.07) is 10.1. The number of amides is 1. The van der Waals surface area contributed by atoms with Crippen molar-refractivity contribution in [3.8, 4) is 0 Å². The predicted molar refractivity (Wildman–Crippen MR) is 89.5 cm³/mol. The van der Waals surface area contributed by atoms with E-state index >= 15 is 0 Å². The maximum atomic E-state index is 13.1. The molecule has 0 spiro atoms. The van der Waals surface area contributed by atoms with Crippen molar-refractivity contribution < 1.29 is 9.18 Å². The first kappa shape index (κ1) is 17.1. The molecule has 0 aliphatic carbocycles. The first-order valence-corrected chi connectivity index (χ1v) is 8.00. The molecule has 0 bridgehead atoms. The van der Waals surface area contributed by atoms with Crippen LogP contribution >= 0.6 is 0 Å². The van der Waals surface area contributed by atoms with E-state index in [4.69, 9.17) is 0 Å². The molecule has 3 nitrogen and oxygen atoms in total. The van der Waals surface area contributed by atoms with Gasteiger partial charge in [-0.1, -0.05) is 32.0 Å². The van der Waals surface area contributed by atoms with Gasteiger partial charge in [-0.2, -0.15) is 0 Å². The average molecular weight is 314 g/mol. The Kier molecular flexibility index (Phi) is 6.27. The van der Waals surface area contributed by atoms with Gasteiger partial charge >= 0.3 is 0 Å². The highest BCUT2D eigenvalue weighted by atomic mass is 19.1. The minimum absolute atomic E-state index is 0.00204. The van der Waals surface area contributed by atoms with Crippen molar-refractivity contribution >= 4 is 5.91 Å². The summed E-state index contributed by atoms with van der Waals surface area (Å²) in [5, 5.41) is 2.99. The van der Waals surface area contributed by atoms with Crippen LogP contribution in [-0.4, -0.2) is 17.4 Å². The second kappa shape index (κ2) is 8.42. The summed E-state index contributed by atoms with van der Waals surface area (Å²) in [5.74, 6) is -0.390. The number of pyridine rings is 1. The molecular formula is C19H23FN2O. The molecule has 2 rings (SSSR count). The van der Waals surface area contributed by atoms with E-state index in [-0.39, 0.29) is 23.6 Å². The van der Waals surface area contributed by atoms with E-state index in [0.717, 1.165) is 18.4 Å². The number of benzene rings is 1. The summed E-state index contributed by atoms with van der Waals surface area (Å²) in [7, 11) is 0. The Balaban J connectivity index is 1.87. The number of hydrogen-bond donors (Lipinski definition) is 1. The molecule has 4 heteroatoms. The zero-order chi connectivity index (χ0) is 16.7. The number of carbonyl (C=O) groups excluding carboxylic acids is 1. The lowest BCUT2D eigenvalue weighted by atomic mass is 9.87. The molecule has 0 saturated carbocycles. The first-order chi connectivity index (χ1) is 11.1. The van der Waals surface area contributed by atoms with Crippen molar-refractivity contribution in [2.24, 2.45) is 5.92 Å². The van der Waals surface area contributed by atoms with Gasteiger partial charge in [-0.25, -0.2) is 4.39 Å². The van der Waals surface area contributed by atoms with Crippen LogP contribution in [0.25, 0.3) is 0 Å². The largest absolute Gasteiger partial charge is 0.356 e. The Bertz CT molecular complexity index is 611. The van der Waals surface area contributed by atoms with Crippen LogP contribution in [0.15, 0.2) is 48.8 Å². The van der Waals surface area contributed by atoms with Gasteiger partial charge in [-0.05, 0) is 48.1 Å². The lowest BCUT2D eigenvalue weighted by Crippen LogP contribution is -2.32. The number of aromatic nitrogens is 1. The van der Waals surface area contributed by atoms with Crippen LogP contribution in [0, 0.1) is 11.7 Å².